The maximum atomic E-state index is 12.3. The van der Waals surface area contributed by atoms with E-state index in [0.717, 1.165) is 5.56 Å². The number of carbonyl (C=O) groups is 1. The van der Waals surface area contributed by atoms with Gasteiger partial charge in [0.05, 0.1) is 38.4 Å². The normalized spacial score (nSPS) is 22.4. The molecule has 29 heavy (non-hydrogen) atoms. The second-order valence-corrected chi connectivity index (χ2v) is 15.3. The van der Waals surface area contributed by atoms with Gasteiger partial charge in [-0.2, -0.15) is 0 Å². The maximum Gasteiger partial charge on any atom is 0.320 e. The van der Waals surface area contributed by atoms with E-state index in [2.05, 4.69) is 50.9 Å². The van der Waals surface area contributed by atoms with E-state index in [0.29, 0.717) is 19.8 Å². The molecule has 1 aromatic rings. The van der Waals surface area contributed by atoms with Gasteiger partial charge in [0.1, 0.15) is 5.60 Å². The quantitative estimate of drug-likeness (QED) is 0.331. The number of esters is 1. The van der Waals surface area contributed by atoms with Crippen LogP contribution in [0.1, 0.15) is 47.1 Å². The van der Waals surface area contributed by atoms with Gasteiger partial charge in [0.25, 0.3) is 0 Å². The molecule has 1 heterocycles. The third-order valence-corrected chi connectivity index (χ3v) is 10.3. The molecular weight excluding hydrogens is 382 g/mol. The van der Waals surface area contributed by atoms with Crippen LogP contribution in [0, 0.1) is 0 Å². The smallest absolute Gasteiger partial charge is 0.320 e. The van der Waals surface area contributed by atoms with Crippen LogP contribution in [0.5, 0.6) is 0 Å². The van der Waals surface area contributed by atoms with E-state index >= 15 is 0 Å². The fraction of sp³-hybridized carbons (Fsp3) is 0.696. The SMILES string of the molecule is CC(C)(C)OC(=O)CN1[C@H](COCc2ccccc2)[C@@H]1CO[Si](C)(C)C(C)(C)C. The van der Waals surface area contributed by atoms with Crippen LogP contribution in [-0.2, 0) is 25.3 Å². The summed E-state index contributed by atoms with van der Waals surface area (Å²) in [5, 5.41) is 0.164. The van der Waals surface area contributed by atoms with Gasteiger partial charge in [-0.05, 0) is 44.5 Å². The predicted octanol–water partition coefficient (Wildman–Crippen LogP) is 4.62. The molecule has 3 atom stereocenters. The van der Waals surface area contributed by atoms with Crippen LogP contribution in [0.3, 0.4) is 0 Å². The van der Waals surface area contributed by atoms with Gasteiger partial charge in [0.15, 0.2) is 8.32 Å². The summed E-state index contributed by atoms with van der Waals surface area (Å²) in [5.74, 6) is -0.194. The molecule has 1 saturated heterocycles. The Morgan fingerprint density at radius 3 is 2.14 bits per heavy atom. The average molecular weight is 422 g/mol. The van der Waals surface area contributed by atoms with Crippen molar-refractivity contribution in [1.29, 1.82) is 0 Å². The van der Waals surface area contributed by atoms with Crippen LogP contribution in [-0.4, -0.2) is 56.6 Å². The Bertz CT molecular complexity index is 664. The predicted molar refractivity (Wildman–Crippen MR) is 119 cm³/mol. The molecule has 0 amide bonds. The van der Waals surface area contributed by atoms with Crippen LogP contribution in [0.25, 0.3) is 0 Å². The Hall–Kier alpha value is -1.21. The summed E-state index contributed by atoms with van der Waals surface area (Å²) in [6.45, 7) is 19.0. The summed E-state index contributed by atoms with van der Waals surface area (Å²) in [6, 6.07) is 10.5. The van der Waals surface area contributed by atoms with Crippen molar-refractivity contribution in [1.82, 2.24) is 4.90 Å². The van der Waals surface area contributed by atoms with Crippen molar-refractivity contribution in [2.45, 2.75) is 84.0 Å². The minimum atomic E-state index is -1.83. The summed E-state index contributed by atoms with van der Waals surface area (Å²) in [4.78, 5) is 14.5. The molecule has 1 aromatic carbocycles. The number of rotatable bonds is 9. The number of hydrogen-bond donors (Lipinski definition) is 0. The molecule has 0 aliphatic carbocycles. The van der Waals surface area contributed by atoms with Crippen LogP contribution in [0.15, 0.2) is 30.3 Å². The monoisotopic (exact) mass is 421 g/mol. The van der Waals surface area contributed by atoms with Gasteiger partial charge < -0.3 is 13.9 Å². The zero-order chi connectivity index (χ0) is 21.9. The first-order valence-corrected chi connectivity index (χ1v) is 13.4. The zero-order valence-electron chi connectivity index (χ0n) is 19.5. The molecule has 0 spiro atoms. The van der Waals surface area contributed by atoms with Gasteiger partial charge in [0.2, 0.25) is 0 Å². The molecule has 0 N–H and O–H groups in total. The van der Waals surface area contributed by atoms with Crippen LogP contribution < -0.4 is 0 Å². The molecule has 5 nitrogen and oxygen atoms in total. The van der Waals surface area contributed by atoms with Gasteiger partial charge in [0, 0.05) is 0 Å². The highest BCUT2D eigenvalue weighted by atomic mass is 28.4. The summed E-state index contributed by atoms with van der Waals surface area (Å²) < 4.78 is 17.9. The van der Waals surface area contributed by atoms with Gasteiger partial charge in [-0.25, -0.2) is 0 Å². The molecule has 1 aliphatic heterocycles. The van der Waals surface area contributed by atoms with Gasteiger partial charge >= 0.3 is 5.97 Å². The molecule has 1 aliphatic rings. The van der Waals surface area contributed by atoms with Gasteiger partial charge in [-0.3, -0.25) is 9.69 Å². The lowest BCUT2D eigenvalue weighted by Crippen LogP contribution is -2.42. The van der Waals surface area contributed by atoms with Crippen LogP contribution >= 0.6 is 0 Å². The molecule has 6 heteroatoms. The molecule has 1 fully saturated rings. The van der Waals surface area contributed by atoms with E-state index in [4.69, 9.17) is 13.9 Å². The molecular formula is C23H39NO4Si. The topological polar surface area (TPSA) is 47.8 Å². The lowest BCUT2D eigenvalue weighted by molar-refractivity contribution is -0.155. The third kappa shape index (κ3) is 7.52. The van der Waals surface area contributed by atoms with Crippen molar-refractivity contribution < 1.29 is 18.7 Å². The standard InChI is InChI=1S/C23H39NO4Si/c1-22(2,3)28-21(25)14-24-19(16-26-15-18-12-10-9-11-13-18)20(24)17-27-29(7,8)23(4,5)6/h9-13,19-20H,14-17H2,1-8H3/t19-,20+,24?/m1/s1. The number of ether oxygens (including phenoxy) is 2. The molecule has 1 unspecified atom stereocenters. The average Bonchev–Trinajstić information content (AvgIpc) is 3.22. The van der Waals surface area contributed by atoms with Gasteiger partial charge in [-0.1, -0.05) is 51.1 Å². The Labute approximate surface area is 177 Å². The minimum Gasteiger partial charge on any atom is -0.459 e. The minimum absolute atomic E-state index is 0.164. The molecule has 0 aromatic heterocycles. The highest BCUT2D eigenvalue weighted by Gasteiger charge is 2.50. The van der Waals surface area contributed by atoms with Crippen molar-refractivity contribution in [3.63, 3.8) is 0 Å². The maximum absolute atomic E-state index is 12.3. The molecule has 2 rings (SSSR count). The van der Waals surface area contributed by atoms with Crippen molar-refractivity contribution in [3.05, 3.63) is 35.9 Å². The number of nitrogens with zero attached hydrogens (tertiary/aromatic N) is 1. The van der Waals surface area contributed by atoms with E-state index in [9.17, 15) is 4.79 Å². The van der Waals surface area contributed by atoms with E-state index in [1.54, 1.807) is 0 Å². The summed E-state index contributed by atoms with van der Waals surface area (Å²) >= 11 is 0. The summed E-state index contributed by atoms with van der Waals surface area (Å²) in [6.07, 6.45) is 0. The summed E-state index contributed by atoms with van der Waals surface area (Å²) in [5.41, 5.74) is 0.681. The number of carbonyl (C=O) groups excluding carboxylic acids is 1. The Balaban J connectivity index is 1.92. The van der Waals surface area contributed by atoms with Crippen LogP contribution in [0.4, 0.5) is 0 Å². The highest BCUT2D eigenvalue weighted by molar-refractivity contribution is 6.74. The first kappa shape index (κ1) is 24.1. The van der Waals surface area contributed by atoms with E-state index in [-0.39, 0.29) is 29.6 Å². The highest BCUT2D eigenvalue weighted by Crippen LogP contribution is 2.38. The van der Waals surface area contributed by atoms with Crippen molar-refractivity contribution in [2.75, 3.05) is 19.8 Å². The van der Waals surface area contributed by atoms with Crippen LogP contribution in [0.2, 0.25) is 18.1 Å². The van der Waals surface area contributed by atoms with E-state index in [1.807, 2.05) is 39.0 Å². The lowest BCUT2D eigenvalue weighted by atomic mass is 10.2. The fourth-order valence-corrected chi connectivity index (χ4v) is 3.97. The lowest BCUT2D eigenvalue weighted by Gasteiger charge is -2.36. The Kier molecular flexibility index (Phi) is 7.71. The van der Waals surface area contributed by atoms with Crippen molar-refractivity contribution in [2.24, 2.45) is 0 Å². The second-order valence-electron chi connectivity index (χ2n) is 10.5. The zero-order valence-corrected chi connectivity index (χ0v) is 20.5. The number of benzene rings is 1. The molecule has 0 bridgehead atoms. The second kappa shape index (κ2) is 9.29. The molecule has 0 saturated carbocycles. The Morgan fingerprint density at radius 2 is 1.59 bits per heavy atom. The largest absolute Gasteiger partial charge is 0.459 e. The third-order valence-electron chi connectivity index (χ3n) is 5.76. The first-order valence-electron chi connectivity index (χ1n) is 10.5. The van der Waals surface area contributed by atoms with E-state index < -0.39 is 13.9 Å². The first-order chi connectivity index (χ1) is 13.3. The molecule has 164 valence electrons. The van der Waals surface area contributed by atoms with Gasteiger partial charge in [-0.15, -0.1) is 0 Å². The fourth-order valence-electron chi connectivity index (χ4n) is 2.95. The van der Waals surface area contributed by atoms with Crippen molar-refractivity contribution in [3.8, 4) is 0 Å². The van der Waals surface area contributed by atoms with Crippen molar-refractivity contribution >= 4 is 14.3 Å². The Morgan fingerprint density at radius 1 is 1.00 bits per heavy atom. The summed E-state index contributed by atoms with van der Waals surface area (Å²) in [7, 11) is -1.83. The van der Waals surface area contributed by atoms with E-state index in [1.165, 1.54) is 0 Å². The molecule has 0 radical (unpaired) electrons. The number of hydrogen-bond acceptors (Lipinski definition) is 5.